The molecule has 0 aromatic heterocycles. The van der Waals surface area contributed by atoms with E-state index in [1.54, 1.807) is 7.11 Å². The summed E-state index contributed by atoms with van der Waals surface area (Å²) in [6.45, 7) is 3.10. The van der Waals surface area contributed by atoms with Gasteiger partial charge >= 0.3 is 0 Å². The Morgan fingerprint density at radius 3 is 2.94 bits per heavy atom. The number of benzene rings is 1. The Labute approximate surface area is 105 Å². The fourth-order valence-electron chi connectivity index (χ4n) is 1.69. The Bertz CT molecular complexity index is 333. The predicted molar refractivity (Wildman–Crippen MR) is 74.2 cm³/mol. The lowest BCUT2D eigenvalue weighted by Crippen LogP contribution is -1.91. The smallest absolute Gasteiger partial charge is 0.119 e. The molecule has 0 spiro atoms. The SMILES string of the molecule is CCCCCC=NCCc1cccc(OC)c1. The minimum Gasteiger partial charge on any atom is -0.497 e. The van der Waals surface area contributed by atoms with Gasteiger partial charge in [0.05, 0.1) is 7.11 Å². The van der Waals surface area contributed by atoms with Gasteiger partial charge in [-0.2, -0.15) is 0 Å². The van der Waals surface area contributed by atoms with Crippen molar-refractivity contribution in [2.75, 3.05) is 13.7 Å². The third-order valence-corrected chi connectivity index (χ3v) is 2.73. The van der Waals surface area contributed by atoms with Crippen LogP contribution in [-0.4, -0.2) is 19.9 Å². The first-order chi connectivity index (χ1) is 8.36. The van der Waals surface area contributed by atoms with Crippen molar-refractivity contribution >= 4 is 6.21 Å². The van der Waals surface area contributed by atoms with Crippen LogP contribution < -0.4 is 4.74 Å². The molecule has 0 saturated heterocycles. The van der Waals surface area contributed by atoms with Crippen LogP contribution in [0.3, 0.4) is 0 Å². The Balaban J connectivity index is 2.21. The van der Waals surface area contributed by atoms with Crippen molar-refractivity contribution in [1.82, 2.24) is 0 Å². The van der Waals surface area contributed by atoms with E-state index < -0.39 is 0 Å². The van der Waals surface area contributed by atoms with Gasteiger partial charge in [-0.25, -0.2) is 0 Å². The highest BCUT2D eigenvalue weighted by Crippen LogP contribution is 2.12. The third-order valence-electron chi connectivity index (χ3n) is 2.73. The molecule has 0 heterocycles. The van der Waals surface area contributed by atoms with Crippen molar-refractivity contribution in [3.8, 4) is 5.75 Å². The van der Waals surface area contributed by atoms with Gasteiger partial charge in [0, 0.05) is 6.54 Å². The second-order valence-electron chi connectivity index (χ2n) is 4.19. The normalized spacial score (nSPS) is 10.9. The van der Waals surface area contributed by atoms with Gasteiger partial charge in [-0.05, 0) is 43.2 Å². The predicted octanol–water partition coefficient (Wildman–Crippen LogP) is 3.89. The molecule has 0 radical (unpaired) electrons. The van der Waals surface area contributed by atoms with E-state index in [-0.39, 0.29) is 0 Å². The first kappa shape index (κ1) is 13.8. The van der Waals surface area contributed by atoms with Gasteiger partial charge in [0.2, 0.25) is 0 Å². The first-order valence-corrected chi connectivity index (χ1v) is 6.48. The Morgan fingerprint density at radius 2 is 2.18 bits per heavy atom. The number of rotatable bonds is 8. The first-order valence-electron chi connectivity index (χ1n) is 6.48. The number of unbranched alkanes of at least 4 members (excludes halogenated alkanes) is 3. The molecule has 2 heteroatoms. The van der Waals surface area contributed by atoms with E-state index in [1.807, 2.05) is 12.1 Å². The topological polar surface area (TPSA) is 21.6 Å². The maximum absolute atomic E-state index is 5.19. The standard InChI is InChI=1S/C15H23NO/c1-3-4-5-6-11-16-12-10-14-8-7-9-15(13-14)17-2/h7-9,11,13H,3-6,10,12H2,1-2H3. The lowest BCUT2D eigenvalue weighted by molar-refractivity contribution is 0.414. The van der Waals surface area contributed by atoms with Crippen molar-refractivity contribution in [2.24, 2.45) is 4.99 Å². The van der Waals surface area contributed by atoms with Crippen LogP contribution in [0.5, 0.6) is 5.75 Å². The van der Waals surface area contributed by atoms with Crippen LogP contribution >= 0.6 is 0 Å². The summed E-state index contributed by atoms with van der Waals surface area (Å²) in [6.07, 6.45) is 8.02. The molecular weight excluding hydrogens is 210 g/mol. The lowest BCUT2D eigenvalue weighted by Gasteiger charge is -2.02. The van der Waals surface area contributed by atoms with Crippen molar-refractivity contribution in [2.45, 2.75) is 39.0 Å². The van der Waals surface area contributed by atoms with E-state index in [9.17, 15) is 0 Å². The second-order valence-corrected chi connectivity index (χ2v) is 4.19. The molecule has 1 aromatic carbocycles. The van der Waals surface area contributed by atoms with Gasteiger partial charge in [-0.3, -0.25) is 4.99 Å². The van der Waals surface area contributed by atoms with Crippen molar-refractivity contribution in [1.29, 1.82) is 0 Å². The van der Waals surface area contributed by atoms with Gasteiger partial charge in [-0.1, -0.05) is 31.9 Å². The largest absolute Gasteiger partial charge is 0.497 e. The zero-order chi connectivity index (χ0) is 12.3. The van der Waals surface area contributed by atoms with E-state index in [2.05, 4.69) is 30.3 Å². The van der Waals surface area contributed by atoms with E-state index in [4.69, 9.17) is 4.74 Å². The maximum Gasteiger partial charge on any atom is 0.119 e. The molecule has 2 nitrogen and oxygen atoms in total. The molecule has 0 bridgehead atoms. The molecule has 94 valence electrons. The van der Waals surface area contributed by atoms with Crippen LogP contribution in [0.25, 0.3) is 0 Å². The number of hydrogen-bond donors (Lipinski definition) is 0. The molecule has 0 unspecified atom stereocenters. The monoisotopic (exact) mass is 233 g/mol. The van der Waals surface area contributed by atoms with Gasteiger partial charge < -0.3 is 4.74 Å². The number of hydrogen-bond acceptors (Lipinski definition) is 2. The summed E-state index contributed by atoms with van der Waals surface area (Å²) < 4.78 is 5.19. The van der Waals surface area contributed by atoms with E-state index in [0.29, 0.717) is 0 Å². The molecule has 1 aromatic rings. The Hall–Kier alpha value is -1.31. The molecule has 0 aliphatic heterocycles. The fourth-order valence-corrected chi connectivity index (χ4v) is 1.69. The fraction of sp³-hybridized carbons (Fsp3) is 0.533. The minimum absolute atomic E-state index is 0.874. The van der Waals surface area contributed by atoms with Gasteiger partial charge in [0.1, 0.15) is 5.75 Å². The van der Waals surface area contributed by atoms with Gasteiger partial charge in [0.15, 0.2) is 0 Å². The molecule has 0 aliphatic rings. The van der Waals surface area contributed by atoms with Gasteiger partial charge in [0.25, 0.3) is 0 Å². The molecular formula is C15H23NO. The summed E-state index contributed by atoms with van der Waals surface area (Å²) in [5, 5.41) is 0. The summed E-state index contributed by atoms with van der Waals surface area (Å²) in [5.41, 5.74) is 1.29. The Morgan fingerprint density at radius 1 is 1.29 bits per heavy atom. The average Bonchev–Trinajstić information content (AvgIpc) is 2.38. The van der Waals surface area contributed by atoms with E-state index in [0.717, 1.165) is 25.1 Å². The molecule has 0 saturated carbocycles. The molecule has 0 fully saturated rings. The summed E-state index contributed by atoms with van der Waals surface area (Å²) in [7, 11) is 1.70. The zero-order valence-corrected chi connectivity index (χ0v) is 11.0. The minimum atomic E-state index is 0.874. The van der Waals surface area contributed by atoms with Crippen LogP contribution in [0.15, 0.2) is 29.3 Å². The lowest BCUT2D eigenvalue weighted by atomic mass is 10.1. The molecule has 0 atom stereocenters. The zero-order valence-electron chi connectivity index (χ0n) is 11.0. The van der Waals surface area contributed by atoms with Crippen molar-refractivity contribution in [3.05, 3.63) is 29.8 Å². The summed E-state index contributed by atoms with van der Waals surface area (Å²) in [5.74, 6) is 0.925. The van der Waals surface area contributed by atoms with Crippen LogP contribution in [0.1, 0.15) is 38.2 Å². The van der Waals surface area contributed by atoms with Crippen LogP contribution in [-0.2, 0) is 6.42 Å². The highest BCUT2D eigenvalue weighted by molar-refractivity contribution is 5.56. The quantitative estimate of drug-likeness (QED) is 0.493. The highest BCUT2D eigenvalue weighted by Gasteiger charge is 1.94. The number of nitrogens with zero attached hydrogens (tertiary/aromatic N) is 1. The summed E-state index contributed by atoms with van der Waals surface area (Å²) in [6, 6.07) is 8.19. The third kappa shape index (κ3) is 6.10. The Kier molecular flexibility index (Phi) is 7.12. The van der Waals surface area contributed by atoms with Crippen LogP contribution in [0.2, 0.25) is 0 Å². The van der Waals surface area contributed by atoms with Crippen LogP contribution in [0, 0.1) is 0 Å². The van der Waals surface area contributed by atoms with Crippen molar-refractivity contribution < 1.29 is 4.74 Å². The number of ether oxygens (including phenoxy) is 1. The van der Waals surface area contributed by atoms with Crippen LogP contribution in [0.4, 0.5) is 0 Å². The second kappa shape index (κ2) is 8.80. The summed E-state index contributed by atoms with van der Waals surface area (Å²) >= 11 is 0. The molecule has 0 aliphatic carbocycles. The van der Waals surface area contributed by atoms with E-state index >= 15 is 0 Å². The average molecular weight is 233 g/mol. The highest BCUT2D eigenvalue weighted by atomic mass is 16.5. The van der Waals surface area contributed by atoms with E-state index in [1.165, 1.54) is 24.8 Å². The summed E-state index contributed by atoms with van der Waals surface area (Å²) in [4.78, 5) is 4.43. The maximum atomic E-state index is 5.19. The molecule has 1 rings (SSSR count). The van der Waals surface area contributed by atoms with Crippen molar-refractivity contribution in [3.63, 3.8) is 0 Å². The van der Waals surface area contributed by atoms with Gasteiger partial charge in [-0.15, -0.1) is 0 Å². The number of aliphatic imine (C=N–C) groups is 1. The molecule has 0 amide bonds. The number of methoxy groups -OCH3 is 1. The molecule has 0 N–H and O–H groups in total. The molecule has 17 heavy (non-hydrogen) atoms.